The summed E-state index contributed by atoms with van der Waals surface area (Å²) in [6.45, 7) is 6.16. The van der Waals surface area contributed by atoms with Crippen molar-refractivity contribution in [2.24, 2.45) is 11.3 Å². The van der Waals surface area contributed by atoms with Crippen molar-refractivity contribution in [2.75, 3.05) is 20.6 Å². The third-order valence-corrected chi connectivity index (χ3v) is 5.46. The smallest absolute Gasteiger partial charge is 0.0271 e. The van der Waals surface area contributed by atoms with Gasteiger partial charge < -0.3 is 10.2 Å². The van der Waals surface area contributed by atoms with Crippen molar-refractivity contribution < 1.29 is 0 Å². The van der Waals surface area contributed by atoms with Crippen LogP contribution in [0.5, 0.6) is 0 Å². The molecule has 0 aromatic carbocycles. The van der Waals surface area contributed by atoms with Crippen LogP contribution < -0.4 is 5.32 Å². The molecular weight excluding hydrogens is 220 g/mol. The molecule has 0 bridgehead atoms. The summed E-state index contributed by atoms with van der Waals surface area (Å²) in [7, 11) is 4.49. The van der Waals surface area contributed by atoms with Crippen LogP contribution in [0.15, 0.2) is 0 Å². The van der Waals surface area contributed by atoms with Crippen molar-refractivity contribution in [3.8, 4) is 0 Å². The number of nitrogens with one attached hydrogen (secondary N) is 1. The Morgan fingerprint density at radius 2 is 1.78 bits per heavy atom. The third kappa shape index (κ3) is 3.08. The Labute approximate surface area is 114 Å². The minimum absolute atomic E-state index is 0.459. The summed E-state index contributed by atoms with van der Waals surface area (Å²) in [6.07, 6.45) is 10.0. The quantitative estimate of drug-likeness (QED) is 0.826. The van der Waals surface area contributed by atoms with Gasteiger partial charge in [0, 0.05) is 18.6 Å². The minimum atomic E-state index is 0.459. The summed E-state index contributed by atoms with van der Waals surface area (Å²) in [4.78, 5) is 2.66. The van der Waals surface area contributed by atoms with Crippen LogP contribution in [0, 0.1) is 11.3 Å². The molecule has 0 amide bonds. The maximum Gasteiger partial charge on any atom is 0.0271 e. The fourth-order valence-corrected chi connectivity index (χ4v) is 4.33. The lowest BCUT2D eigenvalue weighted by Crippen LogP contribution is -2.50. The van der Waals surface area contributed by atoms with Crippen molar-refractivity contribution in [3.63, 3.8) is 0 Å². The lowest BCUT2D eigenvalue weighted by Gasteiger charge is -2.37. The Morgan fingerprint density at radius 1 is 1.11 bits per heavy atom. The molecule has 2 aliphatic rings. The van der Waals surface area contributed by atoms with Crippen LogP contribution in [0.4, 0.5) is 0 Å². The number of hydrogen-bond donors (Lipinski definition) is 1. The first kappa shape index (κ1) is 14.3. The van der Waals surface area contributed by atoms with Crippen LogP contribution in [0.2, 0.25) is 0 Å². The second kappa shape index (κ2) is 5.92. The van der Waals surface area contributed by atoms with E-state index >= 15 is 0 Å². The Bertz CT molecular complexity index is 256. The standard InChI is InChI=1S/C16H32N2/c1-16(2)11-10-14(15(16)17-3)18(4)12-13-8-6-5-7-9-13/h13-15,17H,5-12H2,1-4H3. The first-order valence-electron chi connectivity index (χ1n) is 7.92. The highest BCUT2D eigenvalue weighted by molar-refractivity contribution is 5.00. The van der Waals surface area contributed by atoms with E-state index in [4.69, 9.17) is 0 Å². The molecular formula is C16H32N2. The van der Waals surface area contributed by atoms with Crippen molar-refractivity contribution in [1.29, 1.82) is 0 Å². The van der Waals surface area contributed by atoms with E-state index in [1.807, 2.05) is 0 Å². The predicted molar refractivity (Wildman–Crippen MR) is 78.9 cm³/mol. The zero-order valence-corrected chi connectivity index (χ0v) is 12.8. The lowest BCUT2D eigenvalue weighted by atomic mass is 9.85. The van der Waals surface area contributed by atoms with Crippen molar-refractivity contribution in [3.05, 3.63) is 0 Å². The van der Waals surface area contributed by atoms with Gasteiger partial charge >= 0.3 is 0 Å². The largest absolute Gasteiger partial charge is 0.315 e. The lowest BCUT2D eigenvalue weighted by molar-refractivity contribution is 0.144. The summed E-state index contributed by atoms with van der Waals surface area (Å²) in [5.74, 6) is 0.963. The maximum absolute atomic E-state index is 3.58. The van der Waals surface area contributed by atoms with Gasteiger partial charge in [-0.05, 0) is 51.1 Å². The summed E-state index contributed by atoms with van der Waals surface area (Å²) in [6, 6.07) is 1.40. The van der Waals surface area contributed by atoms with Gasteiger partial charge in [0.15, 0.2) is 0 Å². The Balaban J connectivity index is 1.90. The Kier molecular flexibility index (Phi) is 4.71. The van der Waals surface area contributed by atoms with Crippen molar-refractivity contribution >= 4 is 0 Å². The van der Waals surface area contributed by atoms with Gasteiger partial charge in [0.1, 0.15) is 0 Å². The molecule has 0 spiro atoms. The second-order valence-corrected chi connectivity index (χ2v) is 7.30. The molecule has 18 heavy (non-hydrogen) atoms. The molecule has 2 aliphatic carbocycles. The summed E-state index contributed by atoms with van der Waals surface area (Å²) >= 11 is 0. The average molecular weight is 252 g/mol. The molecule has 2 heteroatoms. The number of hydrogen-bond acceptors (Lipinski definition) is 2. The second-order valence-electron chi connectivity index (χ2n) is 7.30. The van der Waals surface area contributed by atoms with Crippen LogP contribution in [-0.2, 0) is 0 Å². The van der Waals surface area contributed by atoms with E-state index in [2.05, 4.69) is 38.2 Å². The molecule has 2 nitrogen and oxygen atoms in total. The van der Waals surface area contributed by atoms with E-state index in [1.54, 1.807) is 0 Å². The molecule has 0 aromatic rings. The molecule has 2 saturated carbocycles. The molecule has 1 N–H and O–H groups in total. The SMILES string of the molecule is CNC1C(N(C)CC2CCCCC2)CCC1(C)C. The van der Waals surface area contributed by atoms with E-state index in [-0.39, 0.29) is 0 Å². The van der Waals surface area contributed by atoms with Crippen LogP contribution in [0.1, 0.15) is 58.8 Å². The van der Waals surface area contributed by atoms with Crippen molar-refractivity contribution in [1.82, 2.24) is 10.2 Å². The molecule has 106 valence electrons. The third-order valence-electron chi connectivity index (χ3n) is 5.46. The summed E-state index contributed by atoms with van der Waals surface area (Å²) in [5, 5.41) is 3.58. The fourth-order valence-electron chi connectivity index (χ4n) is 4.33. The van der Waals surface area contributed by atoms with Crippen LogP contribution in [0.25, 0.3) is 0 Å². The van der Waals surface area contributed by atoms with Gasteiger partial charge in [-0.2, -0.15) is 0 Å². The highest BCUT2D eigenvalue weighted by Gasteiger charge is 2.42. The van der Waals surface area contributed by atoms with Gasteiger partial charge in [-0.1, -0.05) is 33.1 Å². The van der Waals surface area contributed by atoms with Crippen LogP contribution >= 0.6 is 0 Å². The van der Waals surface area contributed by atoms with E-state index in [0.29, 0.717) is 11.5 Å². The van der Waals surface area contributed by atoms with Crippen LogP contribution in [-0.4, -0.2) is 37.6 Å². The van der Waals surface area contributed by atoms with E-state index < -0.39 is 0 Å². The summed E-state index contributed by atoms with van der Waals surface area (Å²) < 4.78 is 0. The monoisotopic (exact) mass is 252 g/mol. The molecule has 2 unspecified atom stereocenters. The molecule has 0 saturated heterocycles. The summed E-state index contributed by atoms with van der Waals surface area (Å²) in [5.41, 5.74) is 0.459. The van der Waals surface area contributed by atoms with E-state index in [1.165, 1.54) is 51.5 Å². The van der Waals surface area contributed by atoms with E-state index in [9.17, 15) is 0 Å². The molecule has 0 aromatic heterocycles. The first-order chi connectivity index (χ1) is 8.54. The predicted octanol–water partition coefficient (Wildman–Crippen LogP) is 3.28. The first-order valence-corrected chi connectivity index (χ1v) is 7.92. The van der Waals surface area contributed by atoms with Gasteiger partial charge in [0.2, 0.25) is 0 Å². The topological polar surface area (TPSA) is 15.3 Å². The molecule has 2 rings (SSSR count). The van der Waals surface area contributed by atoms with Crippen LogP contribution in [0.3, 0.4) is 0 Å². The molecule has 2 fully saturated rings. The maximum atomic E-state index is 3.58. The molecule has 2 atom stereocenters. The number of nitrogens with zero attached hydrogens (tertiary/aromatic N) is 1. The van der Waals surface area contributed by atoms with Crippen molar-refractivity contribution in [2.45, 2.75) is 70.9 Å². The normalized spacial score (nSPS) is 33.2. The molecule has 0 radical (unpaired) electrons. The number of rotatable bonds is 4. The van der Waals surface area contributed by atoms with Gasteiger partial charge in [-0.3, -0.25) is 0 Å². The Morgan fingerprint density at radius 3 is 2.39 bits per heavy atom. The van der Waals surface area contributed by atoms with Gasteiger partial charge in [0.25, 0.3) is 0 Å². The van der Waals surface area contributed by atoms with Gasteiger partial charge in [0.05, 0.1) is 0 Å². The zero-order valence-electron chi connectivity index (χ0n) is 12.8. The van der Waals surface area contributed by atoms with Gasteiger partial charge in [-0.15, -0.1) is 0 Å². The molecule has 0 heterocycles. The molecule has 0 aliphatic heterocycles. The Hall–Kier alpha value is -0.0800. The van der Waals surface area contributed by atoms with E-state index in [0.717, 1.165) is 12.0 Å². The average Bonchev–Trinajstić information content (AvgIpc) is 2.65. The number of likely N-dealkylation sites (N-methyl/N-ethyl adjacent to an activating group) is 2. The highest BCUT2D eigenvalue weighted by atomic mass is 15.2. The minimum Gasteiger partial charge on any atom is -0.315 e. The zero-order chi connectivity index (χ0) is 13.2. The fraction of sp³-hybridized carbons (Fsp3) is 1.00. The highest BCUT2D eigenvalue weighted by Crippen LogP contribution is 2.40. The van der Waals surface area contributed by atoms with Gasteiger partial charge in [-0.25, -0.2) is 0 Å².